The first-order valence-corrected chi connectivity index (χ1v) is 8.63. The SMILES string of the molecule is O=c1[nH]c2ccc(/C=C3/c4ccccc4OCc4c(F)cccc43)cc2[nH]1. The zero-order valence-corrected chi connectivity index (χ0v) is 14.3. The molecule has 0 saturated heterocycles. The van der Waals surface area contributed by atoms with Crippen molar-refractivity contribution in [2.45, 2.75) is 6.61 Å². The number of benzene rings is 3. The summed E-state index contributed by atoms with van der Waals surface area (Å²) in [5.41, 5.74) is 5.28. The number of imidazole rings is 1. The van der Waals surface area contributed by atoms with Gasteiger partial charge in [-0.3, -0.25) is 0 Å². The zero-order valence-electron chi connectivity index (χ0n) is 14.3. The van der Waals surface area contributed by atoms with E-state index < -0.39 is 0 Å². The molecule has 2 heterocycles. The lowest BCUT2D eigenvalue weighted by atomic mass is 9.92. The molecule has 0 saturated carbocycles. The monoisotopic (exact) mass is 358 g/mol. The van der Waals surface area contributed by atoms with Gasteiger partial charge in [0.05, 0.1) is 11.0 Å². The highest BCUT2D eigenvalue weighted by Crippen LogP contribution is 2.38. The van der Waals surface area contributed by atoms with Crippen LogP contribution in [-0.4, -0.2) is 9.97 Å². The molecule has 4 aromatic rings. The van der Waals surface area contributed by atoms with Crippen LogP contribution in [0.15, 0.2) is 65.5 Å². The highest BCUT2D eigenvalue weighted by molar-refractivity contribution is 5.95. The number of para-hydroxylation sites is 1. The molecule has 5 heteroatoms. The number of ether oxygens (including phenoxy) is 1. The van der Waals surface area contributed by atoms with Crippen LogP contribution in [0, 0.1) is 5.82 Å². The normalized spacial score (nSPS) is 14.5. The van der Waals surface area contributed by atoms with Crippen molar-refractivity contribution in [3.63, 3.8) is 0 Å². The second-order valence-corrected chi connectivity index (χ2v) is 6.49. The van der Waals surface area contributed by atoms with Crippen LogP contribution in [0.4, 0.5) is 4.39 Å². The molecule has 1 aromatic heterocycles. The first kappa shape index (κ1) is 15.6. The van der Waals surface area contributed by atoms with Gasteiger partial charge in [-0.05, 0) is 47.0 Å². The molecule has 0 bridgehead atoms. The van der Waals surface area contributed by atoms with Gasteiger partial charge >= 0.3 is 5.69 Å². The molecular weight excluding hydrogens is 343 g/mol. The third-order valence-electron chi connectivity index (χ3n) is 4.81. The molecule has 5 rings (SSSR count). The summed E-state index contributed by atoms with van der Waals surface area (Å²) in [4.78, 5) is 17.0. The van der Waals surface area contributed by atoms with Crippen LogP contribution in [0.2, 0.25) is 0 Å². The van der Waals surface area contributed by atoms with Gasteiger partial charge in [0.1, 0.15) is 18.2 Å². The number of nitrogens with one attached hydrogen (secondary N) is 2. The van der Waals surface area contributed by atoms with Crippen LogP contribution in [0.5, 0.6) is 5.75 Å². The van der Waals surface area contributed by atoms with E-state index in [1.54, 1.807) is 6.07 Å². The summed E-state index contributed by atoms with van der Waals surface area (Å²) in [5, 5.41) is 0. The van der Waals surface area contributed by atoms with Crippen LogP contribution in [-0.2, 0) is 6.61 Å². The molecule has 1 aliphatic heterocycles. The van der Waals surface area contributed by atoms with Gasteiger partial charge < -0.3 is 14.7 Å². The van der Waals surface area contributed by atoms with Crippen molar-refractivity contribution in [1.29, 1.82) is 0 Å². The second-order valence-electron chi connectivity index (χ2n) is 6.49. The van der Waals surface area contributed by atoms with Crippen LogP contribution in [0.25, 0.3) is 22.7 Å². The van der Waals surface area contributed by atoms with Gasteiger partial charge in [-0.25, -0.2) is 9.18 Å². The molecule has 1 aliphatic rings. The number of hydrogen-bond donors (Lipinski definition) is 2. The Morgan fingerprint density at radius 2 is 1.74 bits per heavy atom. The number of rotatable bonds is 1. The predicted molar refractivity (Wildman–Crippen MR) is 103 cm³/mol. The number of aromatic nitrogens is 2. The molecule has 0 spiro atoms. The lowest BCUT2D eigenvalue weighted by Gasteiger charge is -2.11. The second kappa shape index (κ2) is 5.99. The van der Waals surface area contributed by atoms with Gasteiger partial charge in [0.2, 0.25) is 0 Å². The van der Waals surface area contributed by atoms with Gasteiger partial charge in [0.15, 0.2) is 0 Å². The molecule has 0 radical (unpaired) electrons. The van der Waals surface area contributed by atoms with Crippen molar-refractivity contribution in [1.82, 2.24) is 9.97 Å². The Kier molecular flexibility index (Phi) is 3.47. The summed E-state index contributed by atoms with van der Waals surface area (Å²) < 4.78 is 20.3. The summed E-state index contributed by atoms with van der Waals surface area (Å²) in [6.45, 7) is 0.181. The van der Waals surface area contributed by atoms with Crippen LogP contribution in [0.1, 0.15) is 22.3 Å². The number of H-pyrrole nitrogens is 2. The highest BCUT2D eigenvalue weighted by Gasteiger charge is 2.21. The van der Waals surface area contributed by atoms with Crippen LogP contribution >= 0.6 is 0 Å². The summed E-state index contributed by atoms with van der Waals surface area (Å²) >= 11 is 0. The fraction of sp³-hybridized carbons (Fsp3) is 0.0455. The standard InChI is InChI=1S/C22H15FN2O2/c23-18-6-3-5-14-16(15-4-1-2-7-21(15)27-12-17(14)18)10-13-8-9-19-20(11-13)25-22(26)24-19/h1-11H,12H2,(H2,24,25,26)/b16-10+. The molecule has 0 amide bonds. The van der Waals surface area contributed by atoms with E-state index in [1.807, 2.05) is 54.6 Å². The molecule has 132 valence electrons. The molecule has 0 atom stereocenters. The largest absolute Gasteiger partial charge is 0.488 e. The lowest BCUT2D eigenvalue weighted by Crippen LogP contribution is -1.99. The van der Waals surface area contributed by atoms with Crippen LogP contribution in [0.3, 0.4) is 0 Å². The summed E-state index contributed by atoms with van der Waals surface area (Å²) in [5.74, 6) is 0.437. The summed E-state index contributed by atoms with van der Waals surface area (Å²) in [6, 6.07) is 18.4. The van der Waals surface area contributed by atoms with Gasteiger partial charge in [-0.1, -0.05) is 36.4 Å². The number of aromatic amines is 2. The first-order valence-electron chi connectivity index (χ1n) is 8.63. The molecule has 0 unspecified atom stereocenters. The van der Waals surface area contributed by atoms with Crippen molar-refractivity contribution >= 4 is 22.7 Å². The quantitative estimate of drug-likeness (QED) is 0.527. The van der Waals surface area contributed by atoms with E-state index in [1.165, 1.54) is 6.07 Å². The molecule has 2 N–H and O–H groups in total. The maximum Gasteiger partial charge on any atom is 0.323 e. The third kappa shape index (κ3) is 2.64. The van der Waals surface area contributed by atoms with E-state index in [4.69, 9.17) is 4.74 Å². The summed E-state index contributed by atoms with van der Waals surface area (Å²) in [7, 11) is 0. The number of fused-ring (bicyclic) bond motifs is 3. The van der Waals surface area contributed by atoms with E-state index in [-0.39, 0.29) is 18.1 Å². The van der Waals surface area contributed by atoms with E-state index in [0.29, 0.717) is 5.56 Å². The smallest absolute Gasteiger partial charge is 0.323 e. The van der Waals surface area contributed by atoms with Crippen molar-refractivity contribution in [2.75, 3.05) is 0 Å². The van der Waals surface area contributed by atoms with Gasteiger partial charge in [0, 0.05) is 11.1 Å². The van der Waals surface area contributed by atoms with E-state index in [0.717, 1.165) is 39.0 Å². The van der Waals surface area contributed by atoms with Crippen LogP contribution < -0.4 is 10.4 Å². The zero-order chi connectivity index (χ0) is 18.4. The minimum atomic E-state index is -0.281. The Labute approximate surface area is 153 Å². The maximum absolute atomic E-state index is 14.4. The average molecular weight is 358 g/mol. The van der Waals surface area contributed by atoms with E-state index >= 15 is 0 Å². The first-order chi connectivity index (χ1) is 13.2. The Morgan fingerprint density at radius 3 is 2.67 bits per heavy atom. The van der Waals surface area contributed by atoms with Crippen molar-refractivity contribution in [3.05, 3.63) is 99.2 Å². The maximum atomic E-state index is 14.4. The Bertz CT molecular complexity index is 1270. The predicted octanol–water partition coefficient (Wildman–Crippen LogP) is 4.48. The van der Waals surface area contributed by atoms with Crippen molar-refractivity contribution in [2.24, 2.45) is 0 Å². The Hall–Kier alpha value is -3.60. The molecule has 4 nitrogen and oxygen atoms in total. The van der Waals surface area contributed by atoms with E-state index in [9.17, 15) is 9.18 Å². The van der Waals surface area contributed by atoms with Gasteiger partial charge in [0.25, 0.3) is 0 Å². The topological polar surface area (TPSA) is 57.9 Å². The van der Waals surface area contributed by atoms with Crippen molar-refractivity contribution in [3.8, 4) is 5.75 Å². The minimum absolute atomic E-state index is 0.181. The average Bonchev–Trinajstić information content (AvgIpc) is 2.96. The minimum Gasteiger partial charge on any atom is -0.488 e. The summed E-state index contributed by atoms with van der Waals surface area (Å²) in [6.07, 6.45) is 2.00. The molecule has 0 aliphatic carbocycles. The Morgan fingerprint density at radius 1 is 0.926 bits per heavy atom. The van der Waals surface area contributed by atoms with Gasteiger partial charge in [-0.2, -0.15) is 0 Å². The number of hydrogen-bond acceptors (Lipinski definition) is 2. The Balaban J connectivity index is 1.77. The molecule has 0 fully saturated rings. The highest BCUT2D eigenvalue weighted by atomic mass is 19.1. The molecule has 27 heavy (non-hydrogen) atoms. The molecular formula is C22H15FN2O2. The van der Waals surface area contributed by atoms with Gasteiger partial charge in [-0.15, -0.1) is 0 Å². The lowest BCUT2D eigenvalue weighted by molar-refractivity contribution is 0.301. The molecule has 3 aromatic carbocycles. The number of halogens is 1. The van der Waals surface area contributed by atoms with Crippen molar-refractivity contribution < 1.29 is 9.13 Å². The fourth-order valence-corrected chi connectivity index (χ4v) is 3.53. The van der Waals surface area contributed by atoms with E-state index in [2.05, 4.69) is 9.97 Å². The fourth-order valence-electron chi connectivity index (χ4n) is 3.53. The third-order valence-corrected chi connectivity index (χ3v) is 4.81.